The molecule has 6 heteroatoms. The van der Waals surface area contributed by atoms with E-state index in [0.717, 1.165) is 37.2 Å². The van der Waals surface area contributed by atoms with Crippen LogP contribution in [0.1, 0.15) is 54.8 Å². The lowest BCUT2D eigenvalue weighted by Crippen LogP contribution is -2.32. The van der Waals surface area contributed by atoms with Crippen LogP contribution in [-0.2, 0) is 0 Å². The molecule has 1 fully saturated rings. The van der Waals surface area contributed by atoms with Crippen LogP contribution >= 0.6 is 0 Å². The monoisotopic (exact) mass is 342 g/mol. The van der Waals surface area contributed by atoms with E-state index in [2.05, 4.69) is 15.7 Å². The predicted molar refractivity (Wildman–Crippen MR) is 96.9 cm³/mol. The van der Waals surface area contributed by atoms with Crippen LogP contribution in [0.15, 0.2) is 36.5 Å². The fourth-order valence-corrected chi connectivity index (χ4v) is 3.12. The highest BCUT2D eigenvalue weighted by atomic mass is 16.5. The Bertz CT molecular complexity index is 707. The lowest BCUT2D eigenvalue weighted by Gasteiger charge is -2.22. The first-order valence-corrected chi connectivity index (χ1v) is 8.97. The third-order valence-corrected chi connectivity index (χ3v) is 4.50. The summed E-state index contributed by atoms with van der Waals surface area (Å²) in [6.45, 7) is 6.51. The molecule has 2 N–H and O–H groups in total. The SMILES string of the molecule is CCOc1cccc(C(C)NC(=O)c2ccn(C3CCCNC3)n2)c1. The molecule has 0 radical (unpaired) electrons. The smallest absolute Gasteiger partial charge is 0.272 e. The second kappa shape index (κ2) is 8.16. The fourth-order valence-electron chi connectivity index (χ4n) is 3.12. The topological polar surface area (TPSA) is 68.2 Å². The Balaban J connectivity index is 1.63. The molecule has 2 aromatic rings. The van der Waals surface area contributed by atoms with Crippen LogP contribution < -0.4 is 15.4 Å². The molecule has 1 aliphatic rings. The molecule has 6 nitrogen and oxygen atoms in total. The highest BCUT2D eigenvalue weighted by Crippen LogP contribution is 2.20. The zero-order valence-electron chi connectivity index (χ0n) is 14.9. The van der Waals surface area contributed by atoms with Crippen LogP contribution in [0.3, 0.4) is 0 Å². The zero-order valence-corrected chi connectivity index (χ0v) is 14.9. The maximum absolute atomic E-state index is 12.5. The highest BCUT2D eigenvalue weighted by Gasteiger charge is 2.19. The Morgan fingerprint density at radius 1 is 1.48 bits per heavy atom. The number of hydrogen-bond acceptors (Lipinski definition) is 4. The van der Waals surface area contributed by atoms with Gasteiger partial charge >= 0.3 is 0 Å². The number of amides is 1. The van der Waals surface area contributed by atoms with E-state index in [-0.39, 0.29) is 11.9 Å². The summed E-state index contributed by atoms with van der Waals surface area (Å²) in [5.41, 5.74) is 1.47. The van der Waals surface area contributed by atoms with E-state index >= 15 is 0 Å². The van der Waals surface area contributed by atoms with Gasteiger partial charge in [0.15, 0.2) is 0 Å². The number of rotatable bonds is 6. The zero-order chi connectivity index (χ0) is 17.6. The van der Waals surface area contributed by atoms with Gasteiger partial charge in [-0.25, -0.2) is 0 Å². The molecular formula is C19H26N4O2. The van der Waals surface area contributed by atoms with Crippen molar-refractivity contribution in [2.75, 3.05) is 19.7 Å². The number of aromatic nitrogens is 2. The van der Waals surface area contributed by atoms with E-state index in [1.54, 1.807) is 6.07 Å². The van der Waals surface area contributed by atoms with Gasteiger partial charge in [-0.2, -0.15) is 5.10 Å². The molecule has 0 saturated carbocycles. The number of carbonyl (C=O) groups is 1. The van der Waals surface area contributed by atoms with Gasteiger partial charge in [0.25, 0.3) is 5.91 Å². The van der Waals surface area contributed by atoms with Crippen LogP contribution in [0.5, 0.6) is 5.75 Å². The number of piperidine rings is 1. The van der Waals surface area contributed by atoms with Crippen LogP contribution in [-0.4, -0.2) is 35.4 Å². The summed E-state index contributed by atoms with van der Waals surface area (Å²) in [6, 6.07) is 9.80. The van der Waals surface area contributed by atoms with Crippen LogP contribution in [0.2, 0.25) is 0 Å². The first kappa shape index (κ1) is 17.5. The van der Waals surface area contributed by atoms with Gasteiger partial charge < -0.3 is 15.4 Å². The summed E-state index contributed by atoms with van der Waals surface area (Å²) in [5, 5.41) is 10.8. The largest absolute Gasteiger partial charge is 0.494 e. The molecule has 3 rings (SSSR count). The third-order valence-electron chi connectivity index (χ3n) is 4.50. The average molecular weight is 342 g/mol. The van der Waals surface area contributed by atoms with Crippen molar-refractivity contribution in [3.63, 3.8) is 0 Å². The fraction of sp³-hybridized carbons (Fsp3) is 0.474. The van der Waals surface area contributed by atoms with Gasteiger partial charge in [-0.1, -0.05) is 12.1 Å². The highest BCUT2D eigenvalue weighted by molar-refractivity contribution is 5.92. The second-order valence-corrected chi connectivity index (χ2v) is 6.38. The van der Waals surface area contributed by atoms with Crippen LogP contribution in [0.25, 0.3) is 0 Å². The van der Waals surface area contributed by atoms with Crippen LogP contribution in [0, 0.1) is 0 Å². The molecule has 1 aliphatic heterocycles. The van der Waals surface area contributed by atoms with Crippen molar-refractivity contribution in [1.29, 1.82) is 0 Å². The summed E-state index contributed by atoms with van der Waals surface area (Å²) in [5.74, 6) is 0.659. The minimum atomic E-state index is -0.156. The lowest BCUT2D eigenvalue weighted by molar-refractivity contribution is 0.0933. The summed E-state index contributed by atoms with van der Waals surface area (Å²) in [4.78, 5) is 12.5. The molecule has 2 heterocycles. The third kappa shape index (κ3) is 4.39. The average Bonchev–Trinajstić information content (AvgIpc) is 3.13. The van der Waals surface area contributed by atoms with Gasteiger partial charge in [0.1, 0.15) is 11.4 Å². The number of nitrogens with one attached hydrogen (secondary N) is 2. The van der Waals surface area contributed by atoms with Crippen molar-refractivity contribution >= 4 is 5.91 Å². The first-order valence-electron chi connectivity index (χ1n) is 8.97. The Hall–Kier alpha value is -2.34. The Labute approximate surface area is 148 Å². The molecule has 1 aromatic carbocycles. The molecule has 25 heavy (non-hydrogen) atoms. The quantitative estimate of drug-likeness (QED) is 0.847. The normalized spacial score (nSPS) is 18.6. The maximum Gasteiger partial charge on any atom is 0.272 e. The molecule has 134 valence electrons. The molecular weight excluding hydrogens is 316 g/mol. The molecule has 1 aromatic heterocycles. The number of nitrogens with zero attached hydrogens (tertiary/aromatic N) is 2. The van der Waals surface area contributed by atoms with E-state index in [9.17, 15) is 4.79 Å². The molecule has 0 bridgehead atoms. The van der Waals surface area contributed by atoms with Gasteiger partial charge in [-0.05, 0) is 57.0 Å². The minimum Gasteiger partial charge on any atom is -0.494 e. The lowest BCUT2D eigenvalue weighted by atomic mass is 10.1. The summed E-state index contributed by atoms with van der Waals surface area (Å²) < 4.78 is 7.43. The van der Waals surface area contributed by atoms with E-state index in [4.69, 9.17) is 4.74 Å². The predicted octanol–water partition coefficient (Wildman–Crippen LogP) is 2.70. The first-order chi connectivity index (χ1) is 12.2. The van der Waals surface area contributed by atoms with Crippen molar-refractivity contribution in [2.45, 2.75) is 38.8 Å². The van der Waals surface area contributed by atoms with Crippen molar-refractivity contribution in [2.24, 2.45) is 0 Å². The van der Waals surface area contributed by atoms with Gasteiger partial charge in [-0.15, -0.1) is 0 Å². The van der Waals surface area contributed by atoms with E-state index in [1.165, 1.54) is 0 Å². The Kier molecular flexibility index (Phi) is 5.71. The molecule has 2 atom stereocenters. The number of hydrogen-bond donors (Lipinski definition) is 2. The number of ether oxygens (including phenoxy) is 1. The van der Waals surface area contributed by atoms with Crippen molar-refractivity contribution in [1.82, 2.24) is 20.4 Å². The van der Waals surface area contributed by atoms with Gasteiger partial charge in [-0.3, -0.25) is 9.48 Å². The molecule has 1 amide bonds. The number of benzene rings is 1. The molecule has 2 unspecified atom stereocenters. The van der Waals surface area contributed by atoms with Gasteiger partial charge in [0.2, 0.25) is 0 Å². The minimum absolute atomic E-state index is 0.116. The van der Waals surface area contributed by atoms with Gasteiger partial charge in [0.05, 0.1) is 18.7 Å². The molecule has 0 spiro atoms. The summed E-state index contributed by atoms with van der Waals surface area (Å²) >= 11 is 0. The summed E-state index contributed by atoms with van der Waals surface area (Å²) in [7, 11) is 0. The van der Waals surface area contributed by atoms with Crippen molar-refractivity contribution in [3.8, 4) is 5.75 Å². The van der Waals surface area contributed by atoms with E-state index in [1.807, 2.05) is 49.0 Å². The molecule has 1 saturated heterocycles. The Morgan fingerprint density at radius 2 is 2.36 bits per heavy atom. The van der Waals surface area contributed by atoms with Crippen molar-refractivity contribution in [3.05, 3.63) is 47.8 Å². The second-order valence-electron chi connectivity index (χ2n) is 6.38. The van der Waals surface area contributed by atoms with E-state index < -0.39 is 0 Å². The van der Waals surface area contributed by atoms with Gasteiger partial charge in [0, 0.05) is 12.7 Å². The molecule has 0 aliphatic carbocycles. The van der Waals surface area contributed by atoms with Crippen LogP contribution in [0.4, 0.5) is 0 Å². The number of carbonyl (C=O) groups excluding carboxylic acids is 1. The maximum atomic E-state index is 12.5. The Morgan fingerprint density at radius 3 is 3.12 bits per heavy atom. The van der Waals surface area contributed by atoms with E-state index in [0.29, 0.717) is 18.3 Å². The summed E-state index contributed by atoms with van der Waals surface area (Å²) in [6.07, 6.45) is 4.13. The van der Waals surface area contributed by atoms with Crippen molar-refractivity contribution < 1.29 is 9.53 Å². The standard InChI is InChI=1S/C19H26N4O2/c1-3-25-17-8-4-6-15(12-17)14(2)21-19(24)18-9-11-23(22-18)16-7-5-10-20-13-16/h4,6,8-9,11-12,14,16,20H,3,5,7,10,13H2,1-2H3,(H,21,24).